The number of carbonyl (C=O) groups is 2. The third-order valence-electron chi connectivity index (χ3n) is 1.44. The van der Waals surface area contributed by atoms with E-state index in [2.05, 4.69) is 5.32 Å². The molecule has 0 atom stereocenters. The fraction of sp³-hybridized carbons (Fsp3) is 0.400. The number of aliphatic carboxylic acids is 1. The fourth-order valence-electron chi connectivity index (χ4n) is 0.835. The van der Waals surface area contributed by atoms with Crippen molar-refractivity contribution in [2.75, 3.05) is 6.54 Å². The van der Waals surface area contributed by atoms with Crippen LogP contribution in [0.25, 0.3) is 0 Å². The van der Waals surface area contributed by atoms with E-state index >= 15 is 0 Å². The molecular formula is C10H15NO3. The minimum Gasteiger partial charge on any atom is -0.478 e. The predicted molar refractivity (Wildman–Crippen MR) is 53.8 cm³/mol. The smallest absolute Gasteiger partial charge is 0.335 e. The van der Waals surface area contributed by atoms with E-state index in [4.69, 9.17) is 5.11 Å². The van der Waals surface area contributed by atoms with Gasteiger partial charge in [-0.15, -0.1) is 0 Å². The van der Waals surface area contributed by atoms with Crippen molar-refractivity contribution >= 4 is 11.9 Å². The Morgan fingerprint density at radius 3 is 2.50 bits per heavy atom. The monoisotopic (exact) mass is 197 g/mol. The van der Waals surface area contributed by atoms with Crippen LogP contribution in [0.1, 0.15) is 20.3 Å². The topological polar surface area (TPSA) is 66.4 Å². The summed E-state index contributed by atoms with van der Waals surface area (Å²) < 4.78 is 0. The Balaban J connectivity index is 4.11. The number of carboxylic acid groups (broad SMARTS) is 1. The van der Waals surface area contributed by atoms with Gasteiger partial charge in [0.05, 0.1) is 5.57 Å². The van der Waals surface area contributed by atoms with E-state index in [1.54, 1.807) is 12.2 Å². The molecule has 14 heavy (non-hydrogen) atoms. The standard InChI is InChI=1S/C10H15NO3/c1-3-5-9(10(13)14)6-4-7-11-8(2)12/h4-6H,3,7H2,1-2H3,(H,11,12)(H,13,14)/b6-4-,9-5+. The van der Waals surface area contributed by atoms with E-state index in [1.165, 1.54) is 13.0 Å². The van der Waals surface area contributed by atoms with Crippen LogP contribution in [0.15, 0.2) is 23.8 Å². The summed E-state index contributed by atoms with van der Waals surface area (Å²) in [6.07, 6.45) is 5.39. The third-order valence-corrected chi connectivity index (χ3v) is 1.44. The van der Waals surface area contributed by atoms with Crippen LogP contribution < -0.4 is 5.32 Å². The first-order valence-electron chi connectivity index (χ1n) is 4.42. The van der Waals surface area contributed by atoms with Crippen LogP contribution in [-0.4, -0.2) is 23.5 Å². The molecule has 2 N–H and O–H groups in total. The maximum atomic E-state index is 10.6. The molecular weight excluding hydrogens is 182 g/mol. The van der Waals surface area contributed by atoms with Crippen LogP contribution >= 0.6 is 0 Å². The van der Waals surface area contributed by atoms with Gasteiger partial charge >= 0.3 is 5.97 Å². The van der Waals surface area contributed by atoms with Gasteiger partial charge in [-0.25, -0.2) is 4.79 Å². The Bertz CT molecular complexity index is 267. The van der Waals surface area contributed by atoms with Crippen molar-refractivity contribution < 1.29 is 14.7 Å². The second-order valence-corrected chi connectivity index (χ2v) is 2.71. The summed E-state index contributed by atoms with van der Waals surface area (Å²) in [6.45, 7) is 3.63. The average Bonchev–Trinajstić information content (AvgIpc) is 2.09. The zero-order chi connectivity index (χ0) is 11.0. The van der Waals surface area contributed by atoms with Gasteiger partial charge in [0.25, 0.3) is 0 Å². The fourth-order valence-corrected chi connectivity index (χ4v) is 0.835. The van der Waals surface area contributed by atoms with Crippen LogP contribution in [0.3, 0.4) is 0 Å². The van der Waals surface area contributed by atoms with E-state index < -0.39 is 5.97 Å². The maximum Gasteiger partial charge on any atom is 0.335 e. The molecule has 0 radical (unpaired) electrons. The van der Waals surface area contributed by atoms with Crippen LogP contribution in [0.5, 0.6) is 0 Å². The van der Waals surface area contributed by atoms with Crippen LogP contribution in [0, 0.1) is 0 Å². The SMILES string of the molecule is CC/C=C(\C=C/CNC(C)=O)C(=O)O. The summed E-state index contributed by atoms with van der Waals surface area (Å²) in [6, 6.07) is 0. The second kappa shape index (κ2) is 6.88. The molecule has 0 saturated carbocycles. The van der Waals surface area contributed by atoms with Crippen LogP contribution in [0.2, 0.25) is 0 Å². The van der Waals surface area contributed by atoms with E-state index in [9.17, 15) is 9.59 Å². The quantitative estimate of drug-likeness (QED) is 0.512. The van der Waals surface area contributed by atoms with Crippen molar-refractivity contribution in [2.24, 2.45) is 0 Å². The molecule has 0 bridgehead atoms. The molecule has 0 saturated heterocycles. The summed E-state index contributed by atoms with van der Waals surface area (Å²) in [5.41, 5.74) is 0.248. The lowest BCUT2D eigenvalue weighted by atomic mass is 10.2. The molecule has 78 valence electrons. The number of amides is 1. The molecule has 0 aliphatic rings. The average molecular weight is 197 g/mol. The van der Waals surface area contributed by atoms with Crippen molar-refractivity contribution in [1.29, 1.82) is 0 Å². The summed E-state index contributed by atoms with van der Waals surface area (Å²) in [4.78, 5) is 21.1. The van der Waals surface area contributed by atoms with Gasteiger partial charge in [-0.1, -0.05) is 25.2 Å². The lowest BCUT2D eigenvalue weighted by Crippen LogP contribution is -2.19. The summed E-state index contributed by atoms with van der Waals surface area (Å²) >= 11 is 0. The number of carboxylic acids is 1. The normalized spacial score (nSPS) is 11.7. The predicted octanol–water partition coefficient (Wildman–Crippen LogP) is 1.10. The zero-order valence-electron chi connectivity index (χ0n) is 8.41. The summed E-state index contributed by atoms with van der Waals surface area (Å²) in [5, 5.41) is 11.2. The molecule has 0 heterocycles. The Labute approximate surface area is 83.3 Å². The minimum atomic E-state index is -0.953. The highest BCUT2D eigenvalue weighted by Gasteiger charge is 2.00. The first-order valence-corrected chi connectivity index (χ1v) is 4.42. The van der Waals surface area contributed by atoms with Crippen molar-refractivity contribution in [2.45, 2.75) is 20.3 Å². The van der Waals surface area contributed by atoms with E-state index in [0.717, 1.165) is 0 Å². The highest BCUT2D eigenvalue weighted by molar-refractivity contribution is 5.89. The van der Waals surface area contributed by atoms with Gasteiger partial charge in [-0.3, -0.25) is 4.79 Å². The van der Waals surface area contributed by atoms with Crippen molar-refractivity contribution in [1.82, 2.24) is 5.32 Å². The summed E-state index contributed by atoms with van der Waals surface area (Å²) in [5.74, 6) is -1.09. The second-order valence-electron chi connectivity index (χ2n) is 2.71. The molecule has 0 rings (SSSR count). The summed E-state index contributed by atoms with van der Waals surface area (Å²) in [7, 11) is 0. The molecule has 1 amide bonds. The number of rotatable bonds is 5. The van der Waals surface area contributed by atoms with E-state index in [1.807, 2.05) is 6.92 Å². The Morgan fingerprint density at radius 2 is 2.07 bits per heavy atom. The molecule has 4 nitrogen and oxygen atoms in total. The van der Waals surface area contributed by atoms with Crippen molar-refractivity contribution in [3.05, 3.63) is 23.8 Å². The number of nitrogens with one attached hydrogen (secondary N) is 1. The minimum absolute atomic E-state index is 0.133. The molecule has 0 aliphatic carbocycles. The van der Waals surface area contributed by atoms with Gasteiger partial charge in [0, 0.05) is 13.5 Å². The Kier molecular flexibility index (Phi) is 6.11. The van der Waals surface area contributed by atoms with Crippen molar-refractivity contribution in [3.8, 4) is 0 Å². The zero-order valence-corrected chi connectivity index (χ0v) is 8.41. The Hall–Kier alpha value is -1.58. The van der Waals surface area contributed by atoms with Crippen LogP contribution in [-0.2, 0) is 9.59 Å². The first-order chi connectivity index (χ1) is 6.57. The number of hydrogen-bond acceptors (Lipinski definition) is 2. The molecule has 0 aliphatic heterocycles. The molecule has 0 fully saturated rings. The lowest BCUT2D eigenvalue weighted by molar-refractivity contribution is -0.132. The Morgan fingerprint density at radius 1 is 1.43 bits per heavy atom. The largest absolute Gasteiger partial charge is 0.478 e. The number of carbonyl (C=O) groups excluding carboxylic acids is 1. The van der Waals surface area contributed by atoms with E-state index in [-0.39, 0.29) is 11.5 Å². The molecule has 0 aromatic carbocycles. The van der Waals surface area contributed by atoms with Gasteiger partial charge in [-0.05, 0) is 6.42 Å². The maximum absolute atomic E-state index is 10.6. The molecule has 0 aromatic rings. The van der Waals surface area contributed by atoms with Crippen LogP contribution in [0.4, 0.5) is 0 Å². The highest BCUT2D eigenvalue weighted by Crippen LogP contribution is 1.98. The number of hydrogen-bond donors (Lipinski definition) is 2. The van der Waals surface area contributed by atoms with Gasteiger partial charge < -0.3 is 10.4 Å². The molecule has 0 spiro atoms. The highest BCUT2D eigenvalue weighted by atomic mass is 16.4. The van der Waals surface area contributed by atoms with Gasteiger partial charge in [-0.2, -0.15) is 0 Å². The number of allylic oxidation sites excluding steroid dienone is 1. The molecule has 4 heteroatoms. The third kappa shape index (κ3) is 5.99. The van der Waals surface area contributed by atoms with Gasteiger partial charge in [0.2, 0.25) is 5.91 Å². The first kappa shape index (κ1) is 12.4. The molecule has 0 aromatic heterocycles. The van der Waals surface area contributed by atoms with Gasteiger partial charge in [0.15, 0.2) is 0 Å². The lowest BCUT2D eigenvalue weighted by Gasteiger charge is -1.96. The van der Waals surface area contributed by atoms with Gasteiger partial charge in [0.1, 0.15) is 0 Å². The van der Waals surface area contributed by atoms with Crippen molar-refractivity contribution in [3.63, 3.8) is 0 Å². The molecule has 0 unspecified atom stereocenters. The van der Waals surface area contributed by atoms with E-state index in [0.29, 0.717) is 13.0 Å².